The van der Waals surface area contributed by atoms with Gasteiger partial charge in [-0.1, -0.05) is 20.3 Å². The third-order valence-corrected chi connectivity index (χ3v) is 4.88. The number of pyridine rings is 1. The van der Waals surface area contributed by atoms with Gasteiger partial charge in [0.1, 0.15) is 10.7 Å². The Morgan fingerprint density at radius 1 is 1.42 bits per heavy atom. The Labute approximate surface area is 114 Å². The van der Waals surface area contributed by atoms with E-state index in [1.54, 1.807) is 18.3 Å². The van der Waals surface area contributed by atoms with Crippen LogP contribution in [0.4, 0.5) is 5.82 Å². The summed E-state index contributed by atoms with van der Waals surface area (Å²) in [6, 6.07) is 3.33. The highest BCUT2D eigenvalue weighted by atomic mass is 32.2. The first-order valence-corrected chi connectivity index (χ1v) is 8.28. The van der Waals surface area contributed by atoms with E-state index in [0.717, 1.165) is 19.3 Å². The Bertz CT molecular complexity index is 530. The summed E-state index contributed by atoms with van der Waals surface area (Å²) in [5.41, 5.74) is 0. The number of nitrogens with one attached hydrogen (secondary N) is 2. The van der Waals surface area contributed by atoms with Crippen molar-refractivity contribution in [1.29, 1.82) is 0 Å². The molecule has 5 nitrogen and oxygen atoms in total. The van der Waals surface area contributed by atoms with E-state index in [2.05, 4.69) is 21.9 Å². The van der Waals surface area contributed by atoms with Crippen LogP contribution in [0.3, 0.4) is 0 Å². The molecular formula is C13H21N3O2S. The number of anilines is 1. The van der Waals surface area contributed by atoms with Crippen LogP contribution in [0.2, 0.25) is 0 Å². The van der Waals surface area contributed by atoms with Gasteiger partial charge in [-0.05, 0) is 30.9 Å². The molecule has 1 aromatic heterocycles. The van der Waals surface area contributed by atoms with E-state index in [4.69, 9.17) is 0 Å². The highest BCUT2D eigenvalue weighted by Gasteiger charge is 2.39. The molecule has 0 spiro atoms. The van der Waals surface area contributed by atoms with Crippen LogP contribution >= 0.6 is 0 Å². The Balaban J connectivity index is 2.15. The molecule has 1 aromatic rings. The zero-order valence-corrected chi connectivity index (χ0v) is 12.2. The Hall–Kier alpha value is -1.14. The molecule has 0 bridgehead atoms. The Morgan fingerprint density at radius 2 is 2.21 bits per heavy atom. The maximum Gasteiger partial charge on any atom is 0.244 e. The van der Waals surface area contributed by atoms with Crippen molar-refractivity contribution in [2.24, 2.45) is 5.92 Å². The molecule has 19 heavy (non-hydrogen) atoms. The fourth-order valence-corrected chi connectivity index (χ4v) is 3.54. The summed E-state index contributed by atoms with van der Waals surface area (Å²) in [7, 11) is -3.48. The van der Waals surface area contributed by atoms with Crippen LogP contribution in [-0.4, -0.2) is 26.0 Å². The Morgan fingerprint density at radius 3 is 2.84 bits per heavy atom. The lowest BCUT2D eigenvalue weighted by Gasteiger charge is -2.11. The lowest BCUT2D eigenvalue weighted by atomic mass is 10.3. The molecular weight excluding hydrogens is 262 g/mol. The summed E-state index contributed by atoms with van der Waals surface area (Å²) < 4.78 is 27.4. The standard InChI is InChI=1S/C13H21N3O2S/c1-3-7-14-13-12(6-5-8-15-13)19(17,18)16-11-9-10(11)4-2/h5-6,8,10-11,16H,3-4,7,9H2,1-2H3,(H,14,15). The van der Waals surface area contributed by atoms with Gasteiger partial charge in [0.25, 0.3) is 0 Å². The molecule has 6 heteroatoms. The zero-order chi connectivity index (χ0) is 13.9. The first-order chi connectivity index (χ1) is 9.08. The molecule has 1 fully saturated rings. The van der Waals surface area contributed by atoms with Crippen molar-refractivity contribution in [3.63, 3.8) is 0 Å². The molecule has 106 valence electrons. The first kappa shape index (κ1) is 14.3. The van der Waals surface area contributed by atoms with Crippen LogP contribution in [0.25, 0.3) is 0 Å². The van der Waals surface area contributed by atoms with Crippen LogP contribution in [0, 0.1) is 5.92 Å². The van der Waals surface area contributed by atoms with Crippen molar-refractivity contribution < 1.29 is 8.42 Å². The smallest absolute Gasteiger partial charge is 0.244 e. The van der Waals surface area contributed by atoms with Gasteiger partial charge in [0.2, 0.25) is 10.0 Å². The minimum atomic E-state index is -3.48. The fraction of sp³-hybridized carbons (Fsp3) is 0.615. The molecule has 1 saturated carbocycles. The number of sulfonamides is 1. The van der Waals surface area contributed by atoms with Crippen molar-refractivity contribution in [3.05, 3.63) is 18.3 Å². The molecule has 0 amide bonds. The Kier molecular flexibility index (Phi) is 4.42. The number of hydrogen-bond donors (Lipinski definition) is 2. The van der Waals surface area contributed by atoms with E-state index >= 15 is 0 Å². The first-order valence-electron chi connectivity index (χ1n) is 6.79. The molecule has 1 heterocycles. The van der Waals surface area contributed by atoms with Gasteiger partial charge in [-0.2, -0.15) is 0 Å². The van der Waals surface area contributed by atoms with Crippen molar-refractivity contribution in [2.75, 3.05) is 11.9 Å². The maximum absolute atomic E-state index is 12.3. The normalized spacial score (nSPS) is 22.2. The average Bonchev–Trinajstić information content (AvgIpc) is 3.14. The summed E-state index contributed by atoms with van der Waals surface area (Å²) in [5.74, 6) is 0.920. The molecule has 2 rings (SSSR count). The summed E-state index contributed by atoms with van der Waals surface area (Å²) in [5, 5.41) is 3.06. The second-order valence-electron chi connectivity index (χ2n) is 4.91. The van der Waals surface area contributed by atoms with Gasteiger partial charge in [-0.3, -0.25) is 0 Å². The average molecular weight is 283 g/mol. The minimum Gasteiger partial charge on any atom is -0.369 e. The number of rotatable bonds is 7. The maximum atomic E-state index is 12.3. The predicted molar refractivity (Wildman–Crippen MR) is 75.5 cm³/mol. The van der Waals surface area contributed by atoms with Crippen LogP contribution in [0.15, 0.2) is 23.2 Å². The zero-order valence-electron chi connectivity index (χ0n) is 11.4. The van der Waals surface area contributed by atoms with Crippen LogP contribution < -0.4 is 10.0 Å². The highest BCUT2D eigenvalue weighted by molar-refractivity contribution is 7.89. The molecule has 0 aromatic carbocycles. The third-order valence-electron chi connectivity index (χ3n) is 3.36. The van der Waals surface area contributed by atoms with Crippen LogP contribution in [0.5, 0.6) is 0 Å². The molecule has 0 radical (unpaired) electrons. The third kappa shape index (κ3) is 3.45. The van der Waals surface area contributed by atoms with Crippen LogP contribution in [0.1, 0.15) is 33.1 Å². The van der Waals surface area contributed by atoms with E-state index in [1.165, 1.54) is 0 Å². The van der Waals surface area contributed by atoms with Gasteiger partial charge in [0.15, 0.2) is 0 Å². The summed E-state index contributed by atoms with van der Waals surface area (Å²) in [4.78, 5) is 4.36. The molecule has 2 unspecified atom stereocenters. The highest BCUT2D eigenvalue weighted by Crippen LogP contribution is 2.34. The second-order valence-corrected chi connectivity index (χ2v) is 6.59. The number of nitrogens with zero attached hydrogens (tertiary/aromatic N) is 1. The number of hydrogen-bond acceptors (Lipinski definition) is 4. The number of aromatic nitrogens is 1. The van der Waals surface area contributed by atoms with E-state index in [9.17, 15) is 8.42 Å². The molecule has 0 aliphatic heterocycles. The van der Waals surface area contributed by atoms with Gasteiger partial charge in [0, 0.05) is 18.8 Å². The van der Waals surface area contributed by atoms with E-state index < -0.39 is 10.0 Å². The van der Waals surface area contributed by atoms with Gasteiger partial charge < -0.3 is 5.32 Å². The largest absolute Gasteiger partial charge is 0.369 e. The summed E-state index contributed by atoms with van der Waals surface area (Å²) in [6.45, 7) is 4.82. The van der Waals surface area contributed by atoms with E-state index in [1.807, 2.05) is 6.92 Å². The molecule has 1 aliphatic carbocycles. The van der Waals surface area contributed by atoms with Crippen molar-refractivity contribution in [2.45, 2.75) is 44.0 Å². The lowest BCUT2D eigenvalue weighted by molar-refractivity contribution is 0.576. The summed E-state index contributed by atoms with van der Waals surface area (Å²) in [6.07, 6.45) is 4.47. The van der Waals surface area contributed by atoms with Crippen molar-refractivity contribution >= 4 is 15.8 Å². The van der Waals surface area contributed by atoms with Gasteiger partial charge in [-0.15, -0.1) is 0 Å². The monoisotopic (exact) mass is 283 g/mol. The van der Waals surface area contributed by atoms with Crippen molar-refractivity contribution in [3.8, 4) is 0 Å². The molecule has 1 aliphatic rings. The quantitative estimate of drug-likeness (QED) is 0.802. The minimum absolute atomic E-state index is 0.0919. The second kappa shape index (κ2) is 5.88. The fourth-order valence-electron chi connectivity index (χ4n) is 2.09. The predicted octanol–water partition coefficient (Wildman–Crippen LogP) is 1.98. The van der Waals surface area contributed by atoms with Gasteiger partial charge in [-0.25, -0.2) is 18.1 Å². The molecule has 0 saturated heterocycles. The molecule has 2 atom stereocenters. The van der Waals surface area contributed by atoms with Gasteiger partial charge in [0.05, 0.1) is 0 Å². The SMILES string of the molecule is CCCNc1ncccc1S(=O)(=O)NC1CC1CC. The van der Waals surface area contributed by atoms with Gasteiger partial charge >= 0.3 is 0 Å². The van der Waals surface area contributed by atoms with Crippen molar-refractivity contribution in [1.82, 2.24) is 9.71 Å². The topological polar surface area (TPSA) is 71.1 Å². The summed E-state index contributed by atoms with van der Waals surface area (Å²) >= 11 is 0. The molecule has 2 N–H and O–H groups in total. The van der Waals surface area contributed by atoms with Crippen LogP contribution in [-0.2, 0) is 10.0 Å². The van der Waals surface area contributed by atoms with E-state index in [-0.39, 0.29) is 10.9 Å². The lowest BCUT2D eigenvalue weighted by Crippen LogP contribution is -2.28. The van der Waals surface area contributed by atoms with E-state index in [0.29, 0.717) is 18.3 Å².